The number of rotatable bonds is 5. The van der Waals surface area contributed by atoms with Crippen molar-refractivity contribution >= 4 is 22.8 Å². The first kappa shape index (κ1) is 17.8. The van der Waals surface area contributed by atoms with Gasteiger partial charge in [-0.1, -0.05) is 0 Å². The van der Waals surface area contributed by atoms with Gasteiger partial charge in [0.2, 0.25) is 0 Å². The van der Waals surface area contributed by atoms with Gasteiger partial charge < -0.3 is 20.4 Å². The van der Waals surface area contributed by atoms with Crippen LogP contribution in [0.5, 0.6) is 0 Å². The molecule has 7 nitrogen and oxygen atoms in total. The molecule has 0 aliphatic carbocycles. The number of aromatic amines is 1. The number of nitrogens with one attached hydrogen (secondary N) is 3. The lowest BCUT2D eigenvalue weighted by molar-refractivity contribution is 0.0507. The Morgan fingerprint density at radius 2 is 2.17 bits per heavy atom. The third-order valence-corrected chi connectivity index (χ3v) is 3.25. The van der Waals surface area contributed by atoms with Gasteiger partial charge in [0.1, 0.15) is 11.1 Å². The van der Waals surface area contributed by atoms with Crippen LogP contribution in [0.2, 0.25) is 0 Å². The van der Waals surface area contributed by atoms with E-state index in [0.717, 1.165) is 0 Å². The fraction of sp³-hybridized carbons (Fsp3) is 0.471. The number of hydrogen-bond donors (Lipinski definition) is 3. The van der Waals surface area contributed by atoms with E-state index in [1.54, 1.807) is 12.3 Å². The van der Waals surface area contributed by atoms with Crippen molar-refractivity contribution in [1.29, 1.82) is 0 Å². The fourth-order valence-electron chi connectivity index (χ4n) is 2.23. The number of pyridine rings is 2. The number of ether oxygens (including phenoxy) is 1. The summed E-state index contributed by atoms with van der Waals surface area (Å²) < 4.78 is 5.22. The molecule has 0 aromatic carbocycles. The number of H-pyrrole nitrogens is 1. The molecule has 1 atom stereocenters. The zero-order valence-electron chi connectivity index (χ0n) is 14.5. The molecule has 0 radical (unpaired) electrons. The molecule has 2 aromatic heterocycles. The Morgan fingerprint density at radius 1 is 1.42 bits per heavy atom. The van der Waals surface area contributed by atoms with Crippen molar-refractivity contribution in [3.63, 3.8) is 0 Å². The van der Waals surface area contributed by atoms with Gasteiger partial charge in [-0.25, -0.2) is 4.79 Å². The van der Waals surface area contributed by atoms with E-state index in [0.29, 0.717) is 29.7 Å². The number of nitrogens with zero attached hydrogens (tertiary/aromatic N) is 1. The first-order chi connectivity index (χ1) is 11.2. The molecule has 3 N–H and O–H groups in total. The van der Waals surface area contributed by atoms with E-state index in [2.05, 4.69) is 20.6 Å². The van der Waals surface area contributed by atoms with Crippen LogP contribution in [0.4, 0.5) is 10.5 Å². The number of amides is 1. The minimum absolute atomic E-state index is 0.0615. The Balaban J connectivity index is 1.90. The maximum Gasteiger partial charge on any atom is 0.407 e. The van der Waals surface area contributed by atoms with E-state index < -0.39 is 11.7 Å². The van der Waals surface area contributed by atoms with Crippen molar-refractivity contribution in [3.8, 4) is 0 Å². The summed E-state index contributed by atoms with van der Waals surface area (Å²) in [5, 5.41) is 5.99. The second kappa shape index (κ2) is 7.33. The van der Waals surface area contributed by atoms with Crippen molar-refractivity contribution in [1.82, 2.24) is 15.3 Å². The molecule has 0 aliphatic heterocycles. The average molecular weight is 332 g/mol. The molecule has 7 heteroatoms. The molecule has 0 spiro atoms. The minimum Gasteiger partial charge on any atom is -0.444 e. The third-order valence-electron chi connectivity index (χ3n) is 3.25. The van der Waals surface area contributed by atoms with Gasteiger partial charge in [0.05, 0.1) is 11.2 Å². The highest BCUT2D eigenvalue weighted by atomic mass is 16.6. The van der Waals surface area contributed by atoms with Crippen molar-refractivity contribution in [3.05, 3.63) is 34.7 Å². The molecule has 0 fully saturated rings. The number of aromatic nitrogens is 2. The SMILES string of the molecule is CC(CCNc1cc(=O)[nH]c2cccnc12)NC(=O)OC(C)(C)C. The van der Waals surface area contributed by atoms with E-state index in [1.807, 2.05) is 33.8 Å². The highest BCUT2D eigenvalue weighted by Gasteiger charge is 2.17. The van der Waals surface area contributed by atoms with Crippen LogP contribution < -0.4 is 16.2 Å². The zero-order chi connectivity index (χ0) is 17.7. The van der Waals surface area contributed by atoms with Gasteiger partial charge in [0.15, 0.2) is 0 Å². The number of fused-ring (bicyclic) bond motifs is 1. The monoisotopic (exact) mass is 332 g/mol. The lowest BCUT2D eigenvalue weighted by Gasteiger charge is -2.22. The van der Waals surface area contributed by atoms with Crippen LogP contribution in [0, 0.1) is 0 Å². The van der Waals surface area contributed by atoms with Gasteiger partial charge in [-0.3, -0.25) is 9.78 Å². The maximum absolute atomic E-state index is 11.7. The molecule has 1 unspecified atom stereocenters. The fourth-order valence-corrected chi connectivity index (χ4v) is 2.23. The highest BCUT2D eigenvalue weighted by molar-refractivity contribution is 5.86. The van der Waals surface area contributed by atoms with Gasteiger partial charge in [-0.05, 0) is 46.2 Å². The molecule has 2 heterocycles. The summed E-state index contributed by atoms with van der Waals surface area (Å²) in [7, 11) is 0. The summed E-state index contributed by atoms with van der Waals surface area (Å²) in [5.74, 6) is 0. The van der Waals surface area contributed by atoms with E-state index >= 15 is 0 Å². The topological polar surface area (TPSA) is 96.1 Å². The molecule has 2 rings (SSSR count). The van der Waals surface area contributed by atoms with E-state index in [-0.39, 0.29) is 11.6 Å². The smallest absolute Gasteiger partial charge is 0.407 e. The van der Waals surface area contributed by atoms with Crippen LogP contribution in [-0.4, -0.2) is 34.2 Å². The van der Waals surface area contributed by atoms with Crippen molar-refractivity contribution in [2.24, 2.45) is 0 Å². The zero-order valence-corrected chi connectivity index (χ0v) is 14.5. The standard InChI is InChI=1S/C17H24N4O3/c1-11(20-16(23)24-17(2,3)4)7-9-18-13-10-14(22)21-12-6-5-8-19-15(12)13/h5-6,8,10-11H,7,9H2,1-4H3,(H,20,23)(H2,18,21,22). The summed E-state index contributed by atoms with van der Waals surface area (Å²) >= 11 is 0. The molecule has 2 aromatic rings. The van der Waals surface area contributed by atoms with Crippen molar-refractivity contribution < 1.29 is 9.53 Å². The number of alkyl carbamates (subject to hydrolysis) is 1. The minimum atomic E-state index is -0.516. The molecule has 0 aliphatic rings. The Bertz CT molecular complexity index is 764. The van der Waals surface area contributed by atoms with Crippen molar-refractivity contribution in [2.45, 2.75) is 45.8 Å². The Morgan fingerprint density at radius 3 is 2.88 bits per heavy atom. The lowest BCUT2D eigenvalue weighted by atomic mass is 10.2. The Labute approximate surface area is 140 Å². The molecule has 0 saturated carbocycles. The summed E-state index contributed by atoms with van der Waals surface area (Å²) in [6, 6.07) is 5.01. The first-order valence-corrected chi connectivity index (χ1v) is 7.96. The molecule has 0 bridgehead atoms. The van der Waals surface area contributed by atoms with Crippen LogP contribution in [0.1, 0.15) is 34.1 Å². The van der Waals surface area contributed by atoms with E-state index in [1.165, 1.54) is 6.07 Å². The number of carbonyl (C=O) groups excluding carboxylic acids is 1. The summed E-state index contributed by atoms with van der Waals surface area (Å²) in [4.78, 5) is 30.4. The predicted octanol–water partition coefficient (Wildman–Crippen LogP) is 2.64. The Kier molecular flexibility index (Phi) is 5.43. The molecule has 130 valence electrons. The van der Waals surface area contributed by atoms with E-state index in [4.69, 9.17) is 4.74 Å². The van der Waals surface area contributed by atoms with Crippen LogP contribution >= 0.6 is 0 Å². The molecular weight excluding hydrogens is 308 g/mol. The average Bonchev–Trinajstić information content (AvgIpc) is 2.44. The Hall–Kier alpha value is -2.57. The maximum atomic E-state index is 11.7. The van der Waals surface area contributed by atoms with E-state index in [9.17, 15) is 9.59 Å². The second-order valence-electron chi connectivity index (χ2n) is 6.71. The number of anilines is 1. The summed E-state index contributed by atoms with van der Waals surface area (Å²) in [5.41, 5.74) is 1.38. The van der Waals surface area contributed by atoms with Gasteiger partial charge in [-0.2, -0.15) is 0 Å². The lowest BCUT2D eigenvalue weighted by Crippen LogP contribution is -2.38. The predicted molar refractivity (Wildman–Crippen MR) is 94.3 cm³/mol. The number of carbonyl (C=O) groups is 1. The highest BCUT2D eigenvalue weighted by Crippen LogP contribution is 2.16. The number of hydrogen-bond acceptors (Lipinski definition) is 5. The van der Waals surface area contributed by atoms with Gasteiger partial charge in [-0.15, -0.1) is 0 Å². The van der Waals surface area contributed by atoms with Crippen molar-refractivity contribution in [2.75, 3.05) is 11.9 Å². The first-order valence-electron chi connectivity index (χ1n) is 7.96. The van der Waals surface area contributed by atoms with Gasteiger partial charge >= 0.3 is 6.09 Å². The van der Waals surface area contributed by atoms with Crippen LogP contribution in [-0.2, 0) is 4.74 Å². The largest absolute Gasteiger partial charge is 0.444 e. The summed E-state index contributed by atoms with van der Waals surface area (Å²) in [6.45, 7) is 7.96. The normalized spacial score (nSPS) is 12.7. The van der Waals surface area contributed by atoms with Gasteiger partial charge in [0.25, 0.3) is 5.56 Å². The molecule has 1 amide bonds. The van der Waals surface area contributed by atoms with Crippen LogP contribution in [0.25, 0.3) is 11.0 Å². The molecular formula is C17H24N4O3. The van der Waals surface area contributed by atoms with Crippen LogP contribution in [0.3, 0.4) is 0 Å². The van der Waals surface area contributed by atoms with Crippen LogP contribution in [0.15, 0.2) is 29.2 Å². The van der Waals surface area contributed by atoms with Gasteiger partial charge in [0, 0.05) is 24.8 Å². The quantitative estimate of drug-likeness (QED) is 0.782. The molecule has 24 heavy (non-hydrogen) atoms. The second-order valence-corrected chi connectivity index (χ2v) is 6.71. The third kappa shape index (κ3) is 5.26. The summed E-state index contributed by atoms with van der Waals surface area (Å²) in [6.07, 6.45) is 1.93. The molecule has 0 saturated heterocycles.